The van der Waals surface area contributed by atoms with E-state index < -0.39 is 18.0 Å². The van der Waals surface area contributed by atoms with Crippen molar-refractivity contribution in [2.45, 2.75) is 25.4 Å². The molecule has 1 aliphatic heterocycles. The normalized spacial score (nSPS) is 15.5. The Kier molecular flexibility index (Phi) is 6.96. The zero-order valence-electron chi connectivity index (χ0n) is 17.4. The molecule has 9 nitrogen and oxygen atoms in total. The van der Waals surface area contributed by atoms with Gasteiger partial charge in [-0.2, -0.15) is 0 Å². The Labute approximate surface area is 179 Å². The van der Waals surface area contributed by atoms with Crippen molar-refractivity contribution in [3.05, 3.63) is 53.6 Å². The molecule has 0 bridgehead atoms. The fraction of sp³-hybridized carbons (Fsp3) is 0.318. The van der Waals surface area contributed by atoms with Crippen LogP contribution in [0.3, 0.4) is 0 Å². The van der Waals surface area contributed by atoms with E-state index in [4.69, 9.17) is 9.47 Å². The molecule has 0 radical (unpaired) electrons. The van der Waals surface area contributed by atoms with Crippen molar-refractivity contribution < 1.29 is 29.0 Å². The molecule has 0 aliphatic carbocycles. The minimum atomic E-state index is -0.902. The number of phenols is 1. The number of nitrogens with zero attached hydrogens (tertiary/aromatic N) is 1. The van der Waals surface area contributed by atoms with Crippen LogP contribution < -0.4 is 20.1 Å². The molecular formula is C22H25N3O6. The van der Waals surface area contributed by atoms with Gasteiger partial charge in [-0.05, 0) is 41.8 Å². The zero-order valence-corrected chi connectivity index (χ0v) is 17.4. The quantitative estimate of drug-likeness (QED) is 0.523. The number of hydrogen-bond acceptors (Lipinski definition) is 6. The van der Waals surface area contributed by atoms with Crippen LogP contribution in [0.25, 0.3) is 0 Å². The topological polar surface area (TPSA) is 117 Å². The minimum absolute atomic E-state index is 0.0595. The first kappa shape index (κ1) is 21.9. The van der Waals surface area contributed by atoms with Gasteiger partial charge in [-0.3, -0.25) is 14.5 Å². The van der Waals surface area contributed by atoms with Crippen molar-refractivity contribution in [2.24, 2.45) is 0 Å². The van der Waals surface area contributed by atoms with Crippen LogP contribution in [0.2, 0.25) is 0 Å². The highest BCUT2D eigenvalue weighted by Gasteiger charge is 2.39. The summed E-state index contributed by atoms with van der Waals surface area (Å²) in [6, 6.07) is 10.4. The van der Waals surface area contributed by atoms with Crippen molar-refractivity contribution in [1.82, 2.24) is 15.5 Å². The lowest BCUT2D eigenvalue weighted by Gasteiger charge is -2.15. The van der Waals surface area contributed by atoms with Crippen molar-refractivity contribution in [1.29, 1.82) is 0 Å². The number of urea groups is 1. The fourth-order valence-electron chi connectivity index (χ4n) is 3.29. The summed E-state index contributed by atoms with van der Waals surface area (Å²) in [5, 5.41) is 14.6. The zero-order chi connectivity index (χ0) is 22.4. The van der Waals surface area contributed by atoms with E-state index in [2.05, 4.69) is 10.6 Å². The number of nitrogens with one attached hydrogen (secondary N) is 2. The minimum Gasteiger partial charge on any atom is -0.508 e. The summed E-state index contributed by atoms with van der Waals surface area (Å²) in [5.74, 6) is 0.446. The number of benzene rings is 2. The van der Waals surface area contributed by atoms with Crippen LogP contribution in [0.1, 0.15) is 17.5 Å². The predicted molar refractivity (Wildman–Crippen MR) is 112 cm³/mol. The van der Waals surface area contributed by atoms with Crippen molar-refractivity contribution in [3.63, 3.8) is 0 Å². The van der Waals surface area contributed by atoms with Gasteiger partial charge < -0.3 is 25.2 Å². The van der Waals surface area contributed by atoms with E-state index in [0.717, 1.165) is 10.5 Å². The van der Waals surface area contributed by atoms with Gasteiger partial charge in [-0.25, -0.2) is 4.79 Å². The molecule has 164 valence electrons. The first-order valence-corrected chi connectivity index (χ1v) is 9.78. The highest BCUT2D eigenvalue weighted by atomic mass is 16.5. The third-order valence-corrected chi connectivity index (χ3v) is 4.96. The van der Waals surface area contributed by atoms with E-state index in [1.165, 1.54) is 14.2 Å². The molecule has 3 rings (SSSR count). The van der Waals surface area contributed by atoms with Gasteiger partial charge in [0, 0.05) is 6.54 Å². The molecule has 1 atom stereocenters. The van der Waals surface area contributed by atoms with Crippen molar-refractivity contribution >= 4 is 17.8 Å². The summed E-state index contributed by atoms with van der Waals surface area (Å²) in [5.41, 5.74) is 1.66. The Morgan fingerprint density at radius 3 is 2.42 bits per heavy atom. The standard InChI is InChI=1S/C22H25N3O6/c1-30-18-8-5-15(11-19(18)31-2)13-25-21(28)17(24-22(25)29)12-20(27)23-10-9-14-3-6-16(26)7-4-14/h3-8,11,17,26H,9-10,12-13H2,1-2H3,(H,23,27)(H,24,29)/t17-/m1/s1. The molecule has 31 heavy (non-hydrogen) atoms. The lowest BCUT2D eigenvalue weighted by atomic mass is 10.1. The van der Waals surface area contributed by atoms with Gasteiger partial charge in [0.1, 0.15) is 11.8 Å². The number of amides is 4. The molecular weight excluding hydrogens is 402 g/mol. The van der Waals surface area contributed by atoms with Gasteiger partial charge in [-0.15, -0.1) is 0 Å². The van der Waals surface area contributed by atoms with Gasteiger partial charge in [-0.1, -0.05) is 18.2 Å². The van der Waals surface area contributed by atoms with Crippen LogP contribution in [0, 0.1) is 0 Å². The average molecular weight is 427 g/mol. The van der Waals surface area contributed by atoms with E-state index in [0.29, 0.717) is 30.0 Å². The van der Waals surface area contributed by atoms with E-state index >= 15 is 0 Å². The number of hydrogen-bond donors (Lipinski definition) is 3. The summed E-state index contributed by atoms with van der Waals surface area (Å²) in [7, 11) is 3.03. The van der Waals surface area contributed by atoms with Crippen LogP contribution in [-0.4, -0.2) is 54.7 Å². The van der Waals surface area contributed by atoms with E-state index in [-0.39, 0.29) is 24.6 Å². The molecule has 1 aliphatic rings. The second-order valence-electron chi connectivity index (χ2n) is 7.09. The summed E-state index contributed by atoms with van der Waals surface area (Å²) in [6.07, 6.45) is 0.449. The molecule has 1 heterocycles. The highest BCUT2D eigenvalue weighted by molar-refractivity contribution is 6.05. The van der Waals surface area contributed by atoms with Gasteiger partial charge in [0.25, 0.3) is 5.91 Å². The Hall–Kier alpha value is -3.75. The molecule has 2 aromatic carbocycles. The Morgan fingerprint density at radius 1 is 1.06 bits per heavy atom. The molecule has 2 aromatic rings. The van der Waals surface area contributed by atoms with Gasteiger partial charge in [0.15, 0.2) is 11.5 Å². The SMILES string of the molecule is COc1ccc(CN2C(=O)N[C@H](CC(=O)NCCc3ccc(O)cc3)C2=O)cc1OC. The number of aromatic hydroxyl groups is 1. The van der Waals surface area contributed by atoms with Gasteiger partial charge >= 0.3 is 6.03 Å². The Balaban J connectivity index is 1.52. The first-order chi connectivity index (χ1) is 14.9. The lowest BCUT2D eigenvalue weighted by Crippen LogP contribution is -2.37. The number of imide groups is 1. The Morgan fingerprint density at radius 2 is 1.74 bits per heavy atom. The molecule has 1 fully saturated rings. The highest BCUT2D eigenvalue weighted by Crippen LogP contribution is 2.28. The Bertz CT molecular complexity index is 960. The number of methoxy groups -OCH3 is 2. The second-order valence-corrected chi connectivity index (χ2v) is 7.09. The van der Waals surface area contributed by atoms with Gasteiger partial charge in [0.2, 0.25) is 5.91 Å². The fourth-order valence-corrected chi connectivity index (χ4v) is 3.29. The molecule has 0 aromatic heterocycles. The van der Waals surface area contributed by atoms with Crippen molar-refractivity contribution in [2.75, 3.05) is 20.8 Å². The number of ether oxygens (including phenoxy) is 2. The third-order valence-electron chi connectivity index (χ3n) is 4.96. The summed E-state index contributed by atoms with van der Waals surface area (Å²) in [4.78, 5) is 38.2. The van der Waals surface area contributed by atoms with E-state index in [1.807, 2.05) is 0 Å². The maximum Gasteiger partial charge on any atom is 0.325 e. The molecule has 4 amide bonds. The van der Waals surface area contributed by atoms with Crippen LogP contribution in [-0.2, 0) is 22.6 Å². The third kappa shape index (κ3) is 5.44. The molecule has 3 N–H and O–H groups in total. The average Bonchev–Trinajstić information content (AvgIpc) is 3.02. The first-order valence-electron chi connectivity index (χ1n) is 9.78. The second kappa shape index (κ2) is 9.84. The van der Waals surface area contributed by atoms with Crippen LogP contribution in [0.15, 0.2) is 42.5 Å². The number of rotatable bonds is 9. The lowest BCUT2D eigenvalue weighted by molar-refractivity contribution is -0.131. The van der Waals surface area contributed by atoms with Crippen LogP contribution in [0.5, 0.6) is 17.2 Å². The molecule has 0 spiro atoms. The molecule has 0 unspecified atom stereocenters. The maximum absolute atomic E-state index is 12.6. The number of carbonyl (C=O) groups is 3. The summed E-state index contributed by atoms with van der Waals surface area (Å²) in [6.45, 7) is 0.442. The number of phenolic OH excluding ortho intramolecular Hbond substituents is 1. The van der Waals surface area contributed by atoms with Crippen LogP contribution in [0.4, 0.5) is 4.79 Å². The molecule has 0 saturated carbocycles. The molecule has 9 heteroatoms. The molecule has 1 saturated heterocycles. The largest absolute Gasteiger partial charge is 0.508 e. The van der Waals surface area contributed by atoms with Gasteiger partial charge in [0.05, 0.1) is 27.2 Å². The summed E-state index contributed by atoms with van der Waals surface area (Å²) >= 11 is 0. The van der Waals surface area contributed by atoms with Crippen LogP contribution >= 0.6 is 0 Å². The number of carbonyl (C=O) groups excluding carboxylic acids is 3. The van der Waals surface area contributed by atoms with E-state index in [9.17, 15) is 19.5 Å². The monoisotopic (exact) mass is 427 g/mol. The van der Waals surface area contributed by atoms with E-state index in [1.54, 1.807) is 42.5 Å². The maximum atomic E-state index is 12.6. The smallest absolute Gasteiger partial charge is 0.325 e. The predicted octanol–water partition coefficient (Wildman–Crippen LogP) is 1.58. The summed E-state index contributed by atoms with van der Waals surface area (Å²) < 4.78 is 10.4. The van der Waals surface area contributed by atoms with Crippen molar-refractivity contribution in [3.8, 4) is 17.2 Å².